The van der Waals surface area contributed by atoms with Gasteiger partial charge in [-0.1, -0.05) is 31.2 Å². The highest BCUT2D eigenvalue weighted by molar-refractivity contribution is 6.76. The van der Waals surface area contributed by atoms with Gasteiger partial charge in [-0.3, -0.25) is 5.32 Å². The van der Waals surface area contributed by atoms with Crippen LogP contribution in [0.25, 0.3) is 11.0 Å². The lowest BCUT2D eigenvalue weighted by Gasteiger charge is -2.16. The zero-order valence-electron chi connectivity index (χ0n) is 18.2. The molecular formula is C21H23ClF3N3O4Si. The first-order valence-corrected chi connectivity index (χ1v) is 14.0. The zero-order chi connectivity index (χ0) is 24.4. The fourth-order valence-electron chi connectivity index (χ4n) is 3.02. The van der Waals surface area contributed by atoms with Crippen molar-refractivity contribution in [2.24, 2.45) is 0 Å². The molecule has 178 valence electrons. The lowest BCUT2D eigenvalue weighted by molar-refractivity contribution is -0.138. The molecule has 0 bridgehead atoms. The van der Waals surface area contributed by atoms with Gasteiger partial charge in [-0.05, 0) is 30.3 Å². The average Bonchev–Trinajstić information content (AvgIpc) is 3.01. The number of fused-ring (bicyclic) bond motifs is 1. The third kappa shape index (κ3) is 6.40. The van der Waals surface area contributed by atoms with Crippen molar-refractivity contribution < 1.29 is 32.5 Å². The first-order valence-electron chi connectivity index (χ1n) is 9.95. The third-order valence-electron chi connectivity index (χ3n) is 4.66. The van der Waals surface area contributed by atoms with Crippen LogP contribution in [0.5, 0.6) is 11.5 Å². The Morgan fingerprint density at radius 2 is 1.97 bits per heavy atom. The molecule has 3 rings (SSSR count). The van der Waals surface area contributed by atoms with Gasteiger partial charge in [0, 0.05) is 32.8 Å². The first-order chi connectivity index (χ1) is 15.3. The molecule has 2 heterocycles. The third-order valence-corrected chi connectivity index (χ3v) is 6.65. The minimum atomic E-state index is -4.78. The molecule has 2 aromatic heterocycles. The summed E-state index contributed by atoms with van der Waals surface area (Å²) in [5.74, 6) is -0.420. The summed E-state index contributed by atoms with van der Waals surface area (Å²) in [4.78, 5) is 15.1. The molecule has 0 aliphatic carbocycles. The van der Waals surface area contributed by atoms with Crippen molar-refractivity contribution in [3.63, 3.8) is 0 Å². The van der Waals surface area contributed by atoms with E-state index in [1.807, 2.05) is 5.32 Å². The van der Waals surface area contributed by atoms with Crippen molar-refractivity contribution >= 4 is 42.5 Å². The van der Waals surface area contributed by atoms with Crippen molar-refractivity contribution in [3.8, 4) is 11.5 Å². The molecule has 7 nitrogen and oxygen atoms in total. The molecule has 0 aliphatic heterocycles. The smallest absolute Gasteiger partial charge is 0.420 e. The molecule has 0 unspecified atom stereocenters. The Hall–Kier alpha value is -2.76. The number of aromatic nitrogens is 2. The summed E-state index contributed by atoms with van der Waals surface area (Å²) in [6.07, 6.45) is -3.27. The zero-order valence-corrected chi connectivity index (χ0v) is 19.9. The number of carbonyl (C=O) groups is 1. The molecule has 1 amide bonds. The quantitative estimate of drug-likeness (QED) is 0.259. The van der Waals surface area contributed by atoms with Gasteiger partial charge in [-0.25, -0.2) is 9.78 Å². The Morgan fingerprint density at radius 1 is 1.24 bits per heavy atom. The molecular weight excluding hydrogens is 479 g/mol. The summed E-state index contributed by atoms with van der Waals surface area (Å²) in [6.45, 7) is 7.48. The number of carboxylic acid groups (broad SMARTS) is 1. The fourth-order valence-corrected chi connectivity index (χ4v) is 4.08. The minimum Gasteiger partial charge on any atom is -0.465 e. The number of benzene rings is 1. The SMILES string of the molecule is C[Si](C)(C)CCOCn1cc(Cl)c2c(Oc3ccc(NC(=O)O)cc3C(F)(F)F)ccnc21. The van der Waals surface area contributed by atoms with Gasteiger partial charge in [0.1, 0.15) is 29.4 Å². The maximum Gasteiger partial charge on any atom is 0.420 e. The number of rotatable bonds is 8. The van der Waals surface area contributed by atoms with Crippen LogP contribution in [0.15, 0.2) is 36.7 Å². The number of nitrogens with zero attached hydrogens (tertiary/aromatic N) is 2. The fraction of sp³-hybridized carbons (Fsp3) is 0.333. The number of hydrogen-bond acceptors (Lipinski definition) is 4. The van der Waals surface area contributed by atoms with Gasteiger partial charge in [0.05, 0.1) is 10.4 Å². The van der Waals surface area contributed by atoms with Crippen LogP contribution in [-0.2, 0) is 17.6 Å². The summed E-state index contributed by atoms with van der Waals surface area (Å²) >= 11 is 6.36. The van der Waals surface area contributed by atoms with E-state index >= 15 is 0 Å². The number of amides is 1. The Kier molecular flexibility index (Phi) is 7.25. The van der Waals surface area contributed by atoms with Crippen molar-refractivity contribution in [3.05, 3.63) is 47.2 Å². The standard InChI is InChI=1S/C21H23ClF3N3O4Si/c1-33(2,3)9-8-31-12-28-11-15(22)18-17(6-7-26-19(18)28)32-16-5-4-13(27-20(29)30)10-14(16)21(23,24)25/h4-7,10-11,27H,8-9,12H2,1-3H3,(H,29,30). The van der Waals surface area contributed by atoms with Gasteiger partial charge in [0.2, 0.25) is 0 Å². The Morgan fingerprint density at radius 3 is 2.61 bits per heavy atom. The summed E-state index contributed by atoms with van der Waals surface area (Å²) < 4.78 is 53.8. The van der Waals surface area contributed by atoms with Gasteiger partial charge < -0.3 is 19.1 Å². The van der Waals surface area contributed by atoms with Crippen molar-refractivity contribution in [1.29, 1.82) is 0 Å². The number of halogens is 4. The van der Waals surface area contributed by atoms with Crippen LogP contribution in [0.2, 0.25) is 30.7 Å². The van der Waals surface area contributed by atoms with Crippen LogP contribution in [0.1, 0.15) is 5.56 Å². The van der Waals surface area contributed by atoms with E-state index < -0.39 is 31.7 Å². The predicted octanol–water partition coefficient (Wildman–Crippen LogP) is 6.90. The second kappa shape index (κ2) is 9.62. The number of pyridine rings is 1. The van der Waals surface area contributed by atoms with Crippen LogP contribution in [0.3, 0.4) is 0 Å². The molecule has 0 atom stereocenters. The van der Waals surface area contributed by atoms with Crippen LogP contribution < -0.4 is 10.1 Å². The normalized spacial score (nSPS) is 12.2. The van der Waals surface area contributed by atoms with E-state index in [0.717, 1.165) is 12.1 Å². The van der Waals surface area contributed by atoms with Crippen LogP contribution in [-0.4, -0.2) is 35.4 Å². The highest BCUT2D eigenvalue weighted by atomic mass is 35.5. The monoisotopic (exact) mass is 501 g/mol. The molecule has 0 saturated heterocycles. The van der Waals surface area contributed by atoms with Crippen LogP contribution >= 0.6 is 11.6 Å². The van der Waals surface area contributed by atoms with E-state index in [2.05, 4.69) is 24.6 Å². The molecule has 33 heavy (non-hydrogen) atoms. The van der Waals surface area contributed by atoms with Gasteiger partial charge in [0.25, 0.3) is 0 Å². The highest BCUT2D eigenvalue weighted by Gasteiger charge is 2.35. The molecule has 0 radical (unpaired) electrons. The number of anilines is 1. The molecule has 3 aromatic rings. The van der Waals surface area contributed by atoms with E-state index in [0.29, 0.717) is 23.7 Å². The van der Waals surface area contributed by atoms with Crippen molar-refractivity contribution in [1.82, 2.24) is 9.55 Å². The lowest BCUT2D eigenvalue weighted by atomic mass is 10.1. The molecule has 0 fully saturated rings. The molecule has 12 heteroatoms. The van der Waals surface area contributed by atoms with Gasteiger partial charge in [0.15, 0.2) is 0 Å². The summed E-state index contributed by atoms with van der Waals surface area (Å²) in [5, 5.41) is 11.3. The van der Waals surface area contributed by atoms with E-state index in [1.54, 1.807) is 10.8 Å². The number of ether oxygens (including phenoxy) is 2. The van der Waals surface area contributed by atoms with Crippen LogP contribution in [0.4, 0.5) is 23.7 Å². The lowest BCUT2D eigenvalue weighted by Crippen LogP contribution is -2.22. The van der Waals surface area contributed by atoms with Crippen molar-refractivity contribution in [2.75, 3.05) is 11.9 Å². The summed E-state index contributed by atoms with van der Waals surface area (Å²) in [6, 6.07) is 5.28. The van der Waals surface area contributed by atoms with E-state index in [4.69, 9.17) is 26.2 Å². The topological polar surface area (TPSA) is 85.6 Å². The first kappa shape index (κ1) is 24.9. The Bertz CT molecular complexity index is 1160. The maximum absolute atomic E-state index is 13.6. The number of nitrogens with one attached hydrogen (secondary N) is 1. The maximum atomic E-state index is 13.6. The van der Waals surface area contributed by atoms with Gasteiger partial charge in [-0.15, -0.1) is 0 Å². The molecule has 0 saturated carbocycles. The highest BCUT2D eigenvalue weighted by Crippen LogP contribution is 2.42. The van der Waals surface area contributed by atoms with Crippen LogP contribution in [0, 0.1) is 0 Å². The number of hydrogen-bond donors (Lipinski definition) is 2. The second-order valence-corrected chi connectivity index (χ2v) is 14.6. The van der Waals surface area contributed by atoms with E-state index in [-0.39, 0.29) is 23.2 Å². The Balaban J connectivity index is 1.91. The molecule has 0 aliphatic rings. The molecule has 0 spiro atoms. The van der Waals surface area contributed by atoms with Crippen molar-refractivity contribution in [2.45, 2.75) is 38.6 Å². The second-order valence-electron chi connectivity index (χ2n) is 8.54. The van der Waals surface area contributed by atoms with Gasteiger partial charge in [-0.2, -0.15) is 13.2 Å². The number of alkyl halides is 3. The summed E-state index contributed by atoms with van der Waals surface area (Å²) in [5.41, 5.74) is -0.964. The summed E-state index contributed by atoms with van der Waals surface area (Å²) in [7, 11) is -1.26. The predicted molar refractivity (Wildman–Crippen MR) is 122 cm³/mol. The Labute approximate surface area is 194 Å². The average molecular weight is 502 g/mol. The van der Waals surface area contributed by atoms with E-state index in [1.165, 1.54) is 18.3 Å². The molecule has 1 aromatic carbocycles. The van der Waals surface area contributed by atoms with Gasteiger partial charge >= 0.3 is 12.3 Å². The largest absolute Gasteiger partial charge is 0.465 e. The van der Waals surface area contributed by atoms with E-state index in [9.17, 15) is 18.0 Å². The molecule has 2 N–H and O–H groups in total. The minimum absolute atomic E-state index is 0.0790.